The Labute approximate surface area is 113 Å². The summed E-state index contributed by atoms with van der Waals surface area (Å²) in [5.74, 6) is -0.269. The van der Waals surface area contributed by atoms with Gasteiger partial charge in [0.2, 0.25) is 0 Å². The minimum atomic E-state index is -0.985. The van der Waals surface area contributed by atoms with Crippen molar-refractivity contribution in [1.29, 1.82) is 0 Å². The molecule has 1 saturated carbocycles. The van der Waals surface area contributed by atoms with E-state index in [0.717, 1.165) is 6.54 Å². The number of aromatic nitrogens is 1. The summed E-state index contributed by atoms with van der Waals surface area (Å²) in [5.41, 5.74) is 0.298. The van der Waals surface area contributed by atoms with Gasteiger partial charge in [-0.3, -0.25) is 0 Å². The summed E-state index contributed by atoms with van der Waals surface area (Å²) in [6.45, 7) is 0.871. The van der Waals surface area contributed by atoms with Crippen LogP contribution in [0.4, 0.5) is 5.82 Å². The molecule has 2 rings (SSSR count). The maximum absolute atomic E-state index is 10.9. The van der Waals surface area contributed by atoms with E-state index in [2.05, 4.69) is 24.0 Å². The van der Waals surface area contributed by atoms with Gasteiger partial charge in [-0.1, -0.05) is 6.07 Å². The lowest BCUT2D eigenvalue weighted by Gasteiger charge is -2.49. The molecule has 0 unspecified atom stereocenters. The van der Waals surface area contributed by atoms with Gasteiger partial charge in [-0.25, -0.2) is 9.78 Å². The summed E-state index contributed by atoms with van der Waals surface area (Å²) in [6, 6.07) is 5.12. The number of carbonyl (C=O) groups is 1. The first kappa shape index (κ1) is 13.8. The second-order valence-electron chi connectivity index (χ2n) is 5.51. The van der Waals surface area contributed by atoms with Gasteiger partial charge in [0.25, 0.3) is 0 Å². The minimum absolute atomic E-state index is 0.0943. The Morgan fingerprint density at radius 2 is 2.05 bits per heavy atom. The summed E-state index contributed by atoms with van der Waals surface area (Å²) in [5, 5.41) is 8.98. The maximum atomic E-state index is 10.9. The summed E-state index contributed by atoms with van der Waals surface area (Å²) in [4.78, 5) is 19.4. The molecule has 5 nitrogen and oxygen atoms in total. The molecule has 1 N–H and O–H groups in total. The van der Waals surface area contributed by atoms with Crippen molar-refractivity contribution >= 4 is 11.8 Å². The average Bonchev–Trinajstić information content (AvgIpc) is 2.33. The third kappa shape index (κ3) is 2.71. The van der Waals surface area contributed by atoms with Gasteiger partial charge >= 0.3 is 5.97 Å². The average molecular weight is 263 g/mol. The maximum Gasteiger partial charge on any atom is 0.354 e. The first-order chi connectivity index (χ1) is 8.94. The molecule has 0 saturated heterocycles. The second kappa shape index (κ2) is 5.17. The molecule has 5 heteroatoms. The van der Waals surface area contributed by atoms with Crippen molar-refractivity contribution in [3.8, 4) is 0 Å². The fourth-order valence-electron chi connectivity index (χ4n) is 2.61. The smallest absolute Gasteiger partial charge is 0.354 e. The Morgan fingerprint density at radius 3 is 2.53 bits per heavy atom. The van der Waals surface area contributed by atoms with Crippen LogP contribution in [0.15, 0.2) is 18.2 Å². The summed E-state index contributed by atoms with van der Waals surface area (Å²) in [6.07, 6.45) is 3.63. The van der Waals surface area contributed by atoms with Gasteiger partial charge in [0.15, 0.2) is 5.69 Å². The molecule has 0 atom stereocenters. The Bertz CT molecular complexity index is 470. The predicted octanol–water partition coefficient (Wildman–Crippen LogP) is 1.70. The monoisotopic (exact) mass is 263 g/mol. The molecule has 104 valence electrons. The number of carboxylic acids is 1. The number of pyridine rings is 1. The molecule has 1 aliphatic rings. The van der Waals surface area contributed by atoms with E-state index in [1.165, 1.54) is 25.3 Å². The first-order valence-electron chi connectivity index (χ1n) is 6.53. The molecule has 0 radical (unpaired) electrons. The summed E-state index contributed by atoms with van der Waals surface area (Å²) in [7, 11) is 6.18. The SMILES string of the molecule is CN(CC1(N(C)C)CCC1)c1cccc(C(=O)O)n1. The zero-order valence-corrected chi connectivity index (χ0v) is 11.8. The number of hydrogen-bond acceptors (Lipinski definition) is 4. The van der Waals surface area contributed by atoms with Crippen LogP contribution in [0.1, 0.15) is 29.8 Å². The van der Waals surface area contributed by atoms with E-state index in [1.54, 1.807) is 6.07 Å². The van der Waals surface area contributed by atoms with Crippen molar-refractivity contribution in [3.63, 3.8) is 0 Å². The van der Waals surface area contributed by atoms with Gasteiger partial charge in [-0.2, -0.15) is 0 Å². The fraction of sp³-hybridized carbons (Fsp3) is 0.571. The van der Waals surface area contributed by atoms with Crippen LogP contribution in [0.25, 0.3) is 0 Å². The third-order valence-corrected chi connectivity index (χ3v) is 4.11. The van der Waals surface area contributed by atoms with Crippen molar-refractivity contribution in [2.45, 2.75) is 24.8 Å². The van der Waals surface area contributed by atoms with Gasteiger partial charge in [-0.05, 0) is 45.5 Å². The summed E-state index contributed by atoms with van der Waals surface area (Å²) >= 11 is 0. The largest absolute Gasteiger partial charge is 0.477 e. The van der Waals surface area contributed by atoms with Crippen molar-refractivity contribution in [2.24, 2.45) is 0 Å². The number of anilines is 1. The molecule has 1 aromatic heterocycles. The number of nitrogens with zero attached hydrogens (tertiary/aromatic N) is 3. The third-order valence-electron chi connectivity index (χ3n) is 4.11. The number of aromatic carboxylic acids is 1. The van der Waals surface area contributed by atoms with Crippen molar-refractivity contribution in [2.75, 3.05) is 32.6 Å². The molecule has 1 aliphatic carbocycles. The normalized spacial score (nSPS) is 17.1. The molecule has 0 bridgehead atoms. The van der Waals surface area contributed by atoms with E-state index >= 15 is 0 Å². The second-order valence-corrected chi connectivity index (χ2v) is 5.51. The molecular formula is C14H21N3O2. The Hall–Kier alpha value is -1.62. The zero-order chi connectivity index (χ0) is 14.0. The minimum Gasteiger partial charge on any atom is -0.477 e. The highest BCUT2D eigenvalue weighted by Crippen LogP contribution is 2.37. The molecule has 0 amide bonds. The summed E-state index contributed by atoms with van der Waals surface area (Å²) < 4.78 is 0. The van der Waals surface area contributed by atoms with Crippen LogP contribution in [0.2, 0.25) is 0 Å². The first-order valence-corrected chi connectivity index (χ1v) is 6.53. The fourth-order valence-corrected chi connectivity index (χ4v) is 2.61. The molecular weight excluding hydrogens is 242 g/mol. The Morgan fingerprint density at radius 1 is 1.37 bits per heavy atom. The van der Waals surface area contributed by atoms with E-state index in [0.29, 0.717) is 5.82 Å². The lowest BCUT2D eigenvalue weighted by molar-refractivity contribution is 0.0679. The van der Waals surface area contributed by atoms with Crippen molar-refractivity contribution in [3.05, 3.63) is 23.9 Å². The number of likely N-dealkylation sites (N-methyl/N-ethyl adjacent to an activating group) is 2. The van der Waals surface area contributed by atoms with E-state index in [9.17, 15) is 4.79 Å². The van der Waals surface area contributed by atoms with Crippen LogP contribution in [-0.4, -0.2) is 54.2 Å². The Kier molecular flexibility index (Phi) is 3.75. The topological polar surface area (TPSA) is 56.7 Å². The molecule has 1 aromatic rings. The molecule has 1 heterocycles. The van der Waals surface area contributed by atoms with E-state index in [4.69, 9.17) is 5.11 Å². The van der Waals surface area contributed by atoms with Crippen LogP contribution < -0.4 is 4.90 Å². The van der Waals surface area contributed by atoms with Gasteiger partial charge < -0.3 is 14.9 Å². The Balaban J connectivity index is 2.13. The predicted molar refractivity (Wildman–Crippen MR) is 74.7 cm³/mol. The lowest BCUT2D eigenvalue weighted by Crippen LogP contribution is -2.56. The van der Waals surface area contributed by atoms with Gasteiger partial charge in [0.1, 0.15) is 5.82 Å². The van der Waals surface area contributed by atoms with E-state index in [-0.39, 0.29) is 11.2 Å². The zero-order valence-electron chi connectivity index (χ0n) is 11.8. The lowest BCUT2D eigenvalue weighted by atomic mass is 9.75. The number of carboxylic acid groups (broad SMARTS) is 1. The van der Waals surface area contributed by atoms with Gasteiger partial charge in [0, 0.05) is 19.1 Å². The van der Waals surface area contributed by atoms with Crippen LogP contribution in [0.3, 0.4) is 0 Å². The highest BCUT2D eigenvalue weighted by molar-refractivity contribution is 5.85. The van der Waals surface area contributed by atoms with Crippen LogP contribution >= 0.6 is 0 Å². The molecule has 1 fully saturated rings. The highest BCUT2D eigenvalue weighted by Gasteiger charge is 2.40. The van der Waals surface area contributed by atoms with Crippen molar-refractivity contribution in [1.82, 2.24) is 9.88 Å². The van der Waals surface area contributed by atoms with Crippen LogP contribution in [-0.2, 0) is 0 Å². The number of rotatable bonds is 5. The van der Waals surface area contributed by atoms with Gasteiger partial charge in [-0.15, -0.1) is 0 Å². The molecule has 0 aromatic carbocycles. The van der Waals surface area contributed by atoms with E-state index in [1.807, 2.05) is 18.0 Å². The number of hydrogen-bond donors (Lipinski definition) is 1. The highest BCUT2D eigenvalue weighted by atomic mass is 16.4. The van der Waals surface area contributed by atoms with Crippen LogP contribution in [0, 0.1) is 0 Å². The van der Waals surface area contributed by atoms with Gasteiger partial charge in [0.05, 0.1) is 0 Å². The molecule has 0 aliphatic heterocycles. The molecule has 19 heavy (non-hydrogen) atoms. The standard InChI is InChI=1S/C14H21N3O2/c1-16(2)14(8-5-9-14)10-17(3)12-7-4-6-11(15-12)13(18)19/h4,6-7H,5,8-10H2,1-3H3,(H,18,19). The van der Waals surface area contributed by atoms with E-state index < -0.39 is 5.97 Å². The molecule has 0 spiro atoms. The quantitative estimate of drug-likeness (QED) is 0.876. The van der Waals surface area contributed by atoms with Crippen molar-refractivity contribution < 1.29 is 9.90 Å². The van der Waals surface area contributed by atoms with Crippen LogP contribution in [0.5, 0.6) is 0 Å².